The second kappa shape index (κ2) is 5.62. The summed E-state index contributed by atoms with van der Waals surface area (Å²) in [5.41, 5.74) is -0.207. The van der Waals surface area contributed by atoms with Gasteiger partial charge in [-0.1, -0.05) is 23.2 Å². The summed E-state index contributed by atoms with van der Waals surface area (Å²) < 4.78 is 11.8. The van der Waals surface area contributed by atoms with Crippen molar-refractivity contribution >= 4 is 34.2 Å². The average Bonchev–Trinajstić information content (AvgIpc) is 2.72. The highest BCUT2D eigenvalue weighted by Crippen LogP contribution is 2.28. The SMILES string of the molecule is O=c1c2c(Cl)ccc(Cl)c2on1CC1CC(O)CC(O)O1. The van der Waals surface area contributed by atoms with Crippen molar-refractivity contribution in [2.75, 3.05) is 0 Å². The number of hydrogen-bond donors (Lipinski definition) is 2. The van der Waals surface area contributed by atoms with Crippen molar-refractivity contribution in [1.82, 2.24) is 4.74 Å². The topological polar surface area (TPSA) is 84.8 Å². The molecule has 0 spiro atoms. The van der Waals surface area contributed by atoms with Crippen LogP contribution in [0.15, 0.2) is 21.5 Å². The van der Waals surface area contributed by atoms with Crippen LogP contribution in [0.5, 0.6) is 0 Å². The Balaban J connectivity index is 1.95. The van der Waals surface area contributed by atoms with Crippen LogP contribution in [0.3, 0.4) is 0 Å². The largest absolute Gasteiger partial charge is 0.393 e. The fourth-order valence-corrected chi connectivity index (χ4v) is 2.91. The van der Waals surface area contributed by atoms with Gasteiger partial charge in [-0.2, -0.15) is 4.74 Å². The number of aliphatic hydroxyl groups excluding tert-OH is 2. The fourth-order valence-electron chi connectivity index (χ4n) is 2.49. The first kappa shape index (κ1) is 14.9. The maximum atomic E-state index is 12.3. The summed E-state index contributed by atoms with van der Waals surface area (Å²) in [5.74, 6) is 0. The lowest BCUT2D eigenvalue weighted by Gasteiger charge is -2.29. The molecule has 1 aliphatic rings. The van der Waals surface area contributed by atoms with E-state index in [4.69, 9.17) is 32.5 Å². The van der Waals surface area contributed by atoms with E-state index < -0.39 is 24.1 Å². The summed E-state index contributed by atoms with van der Waals surface area (Å²) in [6, 6.07) is 3.07. The molecule has 0 amide bonds. The summed E-state index contributed by atoms with van der Waals surface area (Å²) in [7, 11) is 0. The number of ether oxygens (including phenoxy) is 1. The van der Waals surface area contributed by atoms with Crippen LogP contribution in [0.2, 0.25) is 10.0 Å². The Kier molecular flexibility index (Phi) is 3.98. The Morgan fingerprint density at radius 3 is 2.62 bits per heavy atom. The highest BCUT2D eigenvalue weighted by Gasteiger charge is 2.28. The van der Waals surface area contributed by atoms with Crippen molar-refractivity contribution in [1.29, 1.82) is 0 Å². The van der Waals surface area contributed by atoms with Crippen molar-refractivity contribution in [2.24, 2.45) is 0 Å². The lowest BCUT2D eigenvalue weighted by atomic mass is 10.1. The molecule has 3 unspecified atom stereocenters. The van der Waals surface area contributed by atoms with E-state index in [9.17, 15) is 15.0 Å². The molecule has 0 radical (unpaired) electrons. The third-order valence-electron chi connectivity index (χ3n) is 3.43. The Morgan fingerprint density at radius 2 is 1.95 bits per heavy atom. The van der Waals surface area contributed by atoms with E-state index >= 15 is 0 Å². The predicted molar refractivity (Wildman–Crippen MR) is 76.6 cm³/mol. The van der Waals surface area contributed by atoms with E-state index in [1.165, 1.54) is 6.07 Å². The minimum atomic E-state index is -1.05. The number of halogens is 2. The van der Waals surface area contributed by atoms with Gasteiger partial charge in [0.05, 0.1) is 28.8 Å². The summed E-state index contributed by atoms with van der Waals surface area (Å²) in [6.07, 6.45) is -1.79. The van der Waals surface area contributed by atoms with Crippen molar-refractivity contribution in [2.45, 2.75) is 37.9 Å². The second-order valence-electron chi connectivity index (χ2n) is 5.03. The molecule has 1 aromatic heterocycles. The molecule has 1 aliphatic heterocycles. The third kappa shape index (κ3) is 2.82. The molecule has 0 bridgehead atoms. The maximum absolute atomic E-state index is 12.3. The summed E-state index contributed by atoms with van der Waals surface area (Å²) >= 11 is 12.0. The lowest BCUT2D eigenvalue weighted by molar-refractivity contribution is -0.194. The van der Waals surface area contributed by atoms with E-state index in [0.717, 1.165) is 4.74 Å². The van der Waals surface area contributed by atoms with E-state index in [-0.39, 0.29) is 34.0 Å². The molecule has 8 heteroatoms. The first-order valence-electron chi connectivity index (χ1n) is 6.45. The number of nitrogens with zero attached hydrogens (tertiary/aromatic N) is 1. The van der Waals surface area contributed by atoms with E-state index in [1.807, 2.05) is 0 Å². The van der Waals surface area contributed by atoms with Gasteiger partial charge >= 0.3 is 0 Å². The van der Waals surface area contributed by atoms with E-state index in [1.54, 1.807) is 6.07 Å². The lowest BCUT2D eigenvalue weighted by Crippen LogP contribution is -2.38. The molecule has 6 nitrogen and oxygen atoms in total. The maximum Gasteiger partial charge on any atom is 0.292 e. The van der Waals surface area contributed by atoms with Crippen LogP contribution >= 0.6 is 23.2 Å². The summed E-state index contributed by atoms with van der Waals surface area (Å²) in [6.45, 7) is 0.0638. The molecule has 2 heterocycles. The Morgan fingerprint density at radius 1 is 1.24 bits per heavy atom. The van der Waals surface area contributed by atoms with Crippen LogP contribution in [0.4, 0.5) is 0 Å². The number of hydrogen-bond acceptors (Lipinski definition) is 5. The number of rotatable bonds is 2. The van der Waals surface area contributed by atoms with Crippen LogP contribution in [0.1, 0.15) is 12.8 Å². The van der Waals surface area contributed by atoms with Crippen LogP contribution in [0.25, 0.3) is 11.0 Å². The van der Waals surface area contributed by atoms with Gasteiger partial charge in [0.25, 0.3) is 5.56 Å². The standard InChI is InChI=1S/C13H13Cl2NO5/c14-8-1-2-9(15)12-11(8)13(19)16(21-12)5-7-3-6(17)4-10(18)20-7/h1-2,6-7,10,17-18H,3-5H2. The normalized spacial score (nSPS) is 26.4. The van der Waals surface area contributed by atoms with E-state index in [0.29, 0.717) is 6.42 Å². The fraction of sp³-hybridized carbons (Fsp3) is 0.462. The van der Waals surface area contributed by atoms with Gasteiger partial charge in [0.1, 0.15) is 5.39 Å². The Hall–Kier alpha value is -1.05. The van der Waals surface area contributed by atoms with Gasteiger partial charge in [0, 0.05) is 12.8 Å². The van der Waals surface area contributed by atoms with Crippen molar-refractivity contribution in [3.8, 4) is 0 Å². The minimum Gasteiger partial charge on any atom is -0.393 e. The molecule has 3 rings (SSSR count). The number of aromatic nitrogens is 1. The van der Waals surface area contributed by atoms with Gasteiger partial charge in [-0.3, -0.25) is 4.79 Å². The molecule has 1 saturated heterocycles. The zero-order chi connectivity index (χ0) is 15.1. The molecule has 1 aromatic carbocycles. The molecule has 0 aliphatic carbocycles. The van der Waals surface area contributed by atoms with Crippen molar-refractivity contribution in [3.05, 3.63) is 32.5 Å². The molecular formula is C13H13Cl2NO5. The molecule has 1 fully saturated rings. The summed E-state index contributed by atoms with van der Waals surface area (Å²) in [5, 5.41) is 19.9. The number of aliphatic hydroxyl groups is 2. The van der Waals surface area contributed by atoms with Gasteiger partial charge in [-0.25, -0.2) is 0 Å². The molecule has 2 N–H and O–H groups in total. The van der Waals surface area contributed by atoms with Gasteiger partial charge in [0.2, 0.25) is 0 Å². The monoisotopic (exact) mass is 333 g/mol. The Bertz CT molecular complexity index is 715. The van der Waals surface area contributed by atoms with Crippen molar-refractivity contribution in [3.63, 3.8) is 0 Å². The predicted octanol–water partition coefficient (Wildman–Crippen LogP) is 1.76. The van der Waals surface area contributed by atoms with Gasteiger partial charge in [-0.05, 0) is 12.1 Å². The molecule has 114 valence electrons. The molecular weight excluding hydrogens is 321 g/mol. The highest BCUT2D eigenvalue weighted by molar-refractivity contribution is 6.39. The van der Waals surface area contributed by atoms with Crippen LogP contribution in [-0.4, -0.2) is 33.5 Å². The highest BCUT2D eigenvalue weighted by atomic mass is 35.5. The quantitative estimate of drug-likeness (QED) is 0.874. The average molecular weight is 334 g/mol. The third-order valence-corrected chi connectivity index (χ3v) is 4.04. The van der Waals surface area contributed by atoms with Crippen LogP contribution in [-0.2, 0) is 11.3 Å². The van der Waals surface area contributed by atoms with E-state index in [2.05, 4.69) is 0 Å². The van der Waals surface area contributed by atoms with Gasteiger partial charge < -0.3 is 19.5 Å². The second-order valence-corrected chi connectivity index (χ2v) is 5.84. The van der Waals surface area contributed by atoms with Gasteiger partial charge in [-0.15, -0.1) is 0 Å². The Labute approximate surface area is 129 Å². The molecule has 3 atom stereocenters. The zero-order valence-electron chi connectivity index (χ0n) is 10.8. The molecule has 21 heavy (non-hydrogen) atoms. The van der Waals surface area contributed by atoms with Gasteiger partial charge in [0.15, 0.2) is 11.9 Å². The van der Waals surface area contributed by atoms with Crippen LogP contribution in [0, 0.1) is 0 Å². The van der Waals surface area contributed by atoms with Crippen molar-refractivity contribution < 1.29 is 19.5 Å². The summed E-state index contributed by atoms with van der Waals surface area (Å²) in [4.78, 5) is 12.3. The van der Waals surface area contributed by atoms with Crippen LogP contribution < -0.4 is 5.56 Å². The first-order valence-corrected chi connectivity index (χ1v) is 7.20. The zero-order valence-corrected chi connectivity index (χ0v) is 12.3. The first-order chi connectivity index (χ1) is 9.95. The minimum absolute atomic E-state index is 0.0638. The molecule has 2 aromatic rings. The number of fused-ring (bicyclic) bond motifs is 1. The molecule has 0 saturated carbocycles. The number of benzene rings is 1. The smallest absolute Gasteiger partial charge is 0.292 e.